The molecule has 2 rings (SSSR count). The van der Waals surface area contributed by atoms with Crippen molar-refractivity contribution in [1.29, 1.82) is 0 Å². The number of carboxylic acid groups (broad SMARTS) is 1. The number of carbonyl (C=O) groups is 1. The summed E-state index contributed by atoms with van der Waals surface area (Å²) in [4.78, 5) is 23.3. The fraction of sp³-hybridized carbons (Fsp3) is 0.375. The van der Waals surface area contributed by atoms with Crippen LogP contribution in [0.15, 0.2) is 17.1 Å². The molecule has 2 aromatic rings. The monoisotopic (exact) mass is 324 g/mol. The Kier molecular flexibility index (Phi) is 5.10. The van der Waals surface area contributed by atoms with Gasteiger partial charge in [0.15, 0.2) is 5.82 Å². The minimum Gasteiger partial charge on any atom is -0.477 e. The first-order valence-electron chi connectivity index (χ1n) is 7.39. The van der Waals surface area contributed by atoms with Crippen LogP contribution in [0.2, 0.25) is 0 Å². The number of rotatable bonds is 6. The Balaban J connectivity index is 2.76. The average molecular weight is 324 g/mol. The van der Waals surface area contributed by atoms with Crippen LogP contribution >= 0.6 is 0 Å². The predicted molar refractivity (Wildman–Crippen MR) is 82.7 cm³/mol. The third kappa shape index (κ3) is 3.10. The number of pyridine rings is 1. The Morgan fingerprint density at radius 1 is 1.35 bits per heavy atom. The number of aromatic nitrogens is 1. The summed E-state index contributed by atoms with van der Waals surface area (Å²) in [5, 5.41) is 8.81. The fourth-order valence-corrected chi connectivity index (χ4v) is 2.60. The number of fused-ring (bicyclic) bond motifs is 1. The lowest BCUT2D eigenvalue weighted by Crippen LogP contribution is -2.20. The molecule has 0 aliphatic heterocycles. The Morgan fingerprint density at radius 3 is 2.61 bits per heavy atom. The zero-order valence-corrected chi connectivity index (χ0v) is 12.7. The molecule has 3 N–H and O–H groups in total. The molecule has 0 saturated heterocycles. The molecular weight excluding hydrogens is 306 g/mol. The minimum absolute atomic E-state index is 0.0633. The van der Waals surface area contributed by atoms with Crippen LogP contribution in [0, 0.1) is 11.6 Å². The summed E-state index contributed by atoms with van der Waals surface area (Å²) < 4.78 is 30.2. The molecule has 0 bridgehead atoms. The van der Waals surface area contributed by atoms with E-state index in [0.717, 1.165) is 12.3 Å². The number of nitrogens with two attached hydrogens (primary N) is 1. The third-order valence-corrected chi connectivity index (χ3v) is 3.80. The first kappa shape index (κ1) is 17.1. The smallest absolute Gasteiger partial charge is 0.341 e. The molecule has 0 unspecified atom stereocenters. The van der Waals surface area contributed by atoms with Crippen LogP contribution in [-0.4, -0.2) is 22.2 Å². The second-order valence-electron chi connectivity index (χ2n) is 5.26. The molecule has 0 aliphatic carbocycles. The molecule has 23 heavy (non-hydrogen) atoms. The Hall–Kier alpha value is -2.28. The highest BCUT2D eigenvalue weighted by molar-refractivity contribution is 5.93. The largest absolute Gasteiger partial charge is 0.477 e. The van der Waals surface area contributed by atoms with Gasteiger partial charge in [-0.15, -0.1) is 0 Å². The van der Waals surface area contributed by atoms with Gasteiger partial charge in [0.05, 0.1) is 10.9 Å². The molecule has 1 heterocycles. The average Bonchev–Trinajstić information content (AvgIpc) is 2.51. The van der Waals surface area contributed by atoms with Crippen LogP contribution in [0.4, 0.5) is 8.78 Å². The molecule has 7 heteroatoms. The SMILES string of the molecule is CCn1cc(C(=O)O)c(=O)c2cc(F)c(CCCCN)c(F)c21. The highest BCUT2D eigenvalue weighted by Crippen LogP contribution is 2.24. The molecule has 0 aliphatic rings. The number of carboxylic acids is 1. The molecule has 0 amide bonds. The van der Waals surface area contributed by atoms with E-state index in [9.17, 15) is 18.4 Å². The summed E-state index contributed by atoms with van der Waals surface area (Å²) in [6, 6.07) is 0.928. The van der Waals surface area contributed by atoms with Gasteiger partial charge in [-0.3, -0.25) is 4.79 Å². The number of benzene rings is 1. The zero-order valence-electron chi connectivity index (χ0n) is 12.7. The van der Waals surface area contributed by atoms with Crippen molar-refractivity contribution in [3.63, 3.8) is 0 Å². The maximum Gasteiger partial charge on any atom is 0.341 e. The van der Waals surface area contributed by atoms with Crippen molar-refractivity contribution in [3.05, 3.63) is 45.2 Å². The van der Waals surface area contributed by atoms with Crippen LogP contribution in [0.25, 0.3) is 10.9 Å². The Labute approximate surface area is 131 Å². The quantitative estimate of drug-likeness (QED) is 0.798. The standard InChI is InChI=1S/C16H18F2N2O3/c1-2-20-8-11(16(22)23)15(21)10-7-12(17)9(5-3-4-6-19)13(18)14(10)20/h7-8H,2-6,19H2,1H3,(H,22,23). The predicted octanol–water partition coefficient (Wildman–Crippen LogP) is 2.28. The Morgan fingerprint density at radius 2 is 2.04 bits per heavy atom. The highest BCUT2D eigenvalue weighted by atomic mass is 19.1. The van der Waals surface area contributed by atoms with Gasteiger partial charge in [0, 0.05) is 18.3 Å². The molecule has 0 spiro atoms. The van der Waals surface area contributed by atoms with E-state index in [1.165, 1.54) is 4.57 Å². The Bertz CT molecular complexity index is 815. The van der Waals surface area contributed by atoms with Gasteiger partial charge >= 0.3 is 5.97 Å². The van der Waals surface area contributed by atoms with E-state index in [1.807, 2.05) is 0 Å². The summed E-state index contributed by atoms with van der Waals surface area (Å²) in [5.41, 5.74) is 3.83. The lowest BCUT2D eigenvalue weighted by molar-refractivity contribution is 0.0695. The molecule has 5 nitrogen and oxygen atoms in total. The van der Waals surface area contributed by atoms with Gasteiger partial charge < -0.3 is 15.4 Å². The van der Waals surface area contributed by atoms with Gasteiger partial charge in [0.1, 0.15) is 11.4 Å². The van der Waals surface area contributed by atoms with Crippen LogP contribution in [0.1, 0.15) is 35.7 Å². The summed E-state index contributed by atoms with van der Waals surface area (Å²) >= 11 is 0. The van der Waals surface area contributed by atoms with E-state index < -0.39 is 28.6 Å². The van der Waals surface area contributed by atoms with Crippen molar-refractivity contribution in [2.45, 2.75) is 32.7 Å². The van der Waals surface area contributed by atoms with Crippen molar-refractivity contribution in [2.24, 2.45) is 5.73 Å². The van der Waals surface area contributed by atoms with Crippen LogP contribution in [0.3, 0.4) is 0 Å². The zero-order chi connectivity index (χ0) is 17.1. The number of aromatic carboxylic acids is 1. The number of aryl methyl sites for hydroxylation is 1. The van der Waals surface area contributed by atoms with Gasteiger partial charge in [0.2, 0.25) is 5.43 Å². The molecule has 0 radical (unpaired) electrons. The lowest BCUT2D eigenvalue weighted by Gasteiger charge is -2.14. The highest BCUT2D eigenvalue weighted by Gasteiger charge is 2.21. The van der Waals surface area contributed by atoms with Crippen molar-refractivity contribution in [3.8, 4) is 0 Å². The first-order valence-corrected chi connectivity index (χ1v) is 7.39. The molecule has 0 fully saturated rings. The van der Waals surface area contributed by atoms with Crippen molar-refractivity contribution < 1.29 is 18.7 Å². The number of halogens is 2. The third-order valence-electron chi connectivity index (χ3n) is 3.80. The van der Waals surface area contributed by atoms with Gasteiger partial charge in [-0.2, -0.15) is 0 Å². The van der Waals surface area contributed by atoms with Crippen LogP contribution < -0.4 is 11.2 Å². The molecule has 0 atom stereocenters. The summed E-state index contributed by atoms with van der Waals surface area (Å²) in [5.74, 6) is -3.07. The summed E-state index contributed by atoms with van der Waals surface area (Å²) in [6.07, 6.45) is 2.43. The van der Waals surface area contributed by atoms with Gasteiger partial charge in [-0.25, -0.2) is 13.6 Å². The van der Waals surface area contributed by atoms with Crippen LogP contribution in [0.5, 0.6) is 0 Å². The normalized spacial score (nSPS) is 11.1. The summed E-state index contributed by atoms with van der Waals surface area (Å²) in [6.45, 7) is 2.37. The molecular formula is C16H18F2N2O3. The van der Waals surface area contributed by atoms with Crippen molar-refractivity contribution >= 4 is 16.9 Å². The molecule has 1 aromatic heterocycles. The minimum atomic E-state index is -1.42. The van der Waals surface area contributed by atoms with E-state index in [-0.39, 0.29) is 29.4 Å². The van der Waals surface area contributed by atoms with E-state index in [0.29, 0.717) is 19.4 Å². The second-order valence-corrected chi connectivity index (χ2v) is 5.26. The number of hydrogen-bond donors (Lipinski definition) is 2. The van der Waals surface area contributed by atoms with E-state index in [4.69, 9.17) is 10.8 Å². The maximum atomic E-state index is 14.7. The summed E-state index contributed by atoms with van der Waals surface area (Å²) in [7, 11) is 0. The van der Waals surface area contributed by atoms with E-state index in [1.54, 1.807) is 6.92 Å². The van der Waals surface area contributed by atoms with Gasteiger partial charge in [0.25, 0.3) is 0 Å². The first-order chi connectivity index (χ1) is 10.9. The topological polar surface area (TPSA) is 85.3 Å². The van der Waals surface area contributed by atoms with Gasteiger partial charge in [-0.05, 0) is 38.8 Å². The molecule has 0 saturated carbocycles. The van der Waals surface area contributed by atoms with Crippen molar-refractivity contribution in [1.82, 2.24) is 4.57 Å². The number of unbranched alkanes of at least 4 members (excludes halogenated alkanes) is 1. The number of hydrogen-bond acceptors (Lipinski definition) is 3. The number of nitrogens with zero attached hydrogens (tertiary/aromatic N) is 1. The van der Waals surface area contributed by atoms with E-state index in [2.05, 4.69) is 0 Å². The lowest BCUT2D eigenvalue weighted by atomic mass is 10.0. The molecule has 124 valence electrons. The van der Waals surface area contributed by atoms with Crippen molar-refractivity contribution in [2.75, 3.05) is 6.54 Å². The fourth-order valence-electron chi connectivity index (χ4n) is 2.60. The van der Waals surface area contributed by atoms with E-state index >= 15 is 0 Å². The maximum absolute atomic E-state index is 14.7. The van der Waals surface area contributed by atoms with Gasteiger partial charge in [-0.1, -0.05) is 0 Å². The van der Waals surface area contributed by atoms with Crippen LogP contribution in [-0.2, 0) is 13.0 Å². The second kappa shape index (κ2) is 6.87. The molecule has 1 aromatic carbocycles.